The summed E-state index contributed by atoms with van der Waals surface area (Å²) in [6.07, 6.45) is 4.52. The third-order valence-corrected chi connectivity index (χ3v) is 3.51. The first-order valence-corrected chi connectivity index (χ1v) is 6.84. The molecule has 0 fully saturated rings. The second kappa shape index (κ2) is 5.44. The van der Waals surface area contributed by atoms with E-state index >= 15 is 0 Å². The molecule has 7 heteroatoms. The topological polar surface area (TPSA) is 77.8 Å². The van der Waals surface area contributed by atoms with Crippen molar-refractivity contribution in [3.63, 3.8) is 0 Å². The molecule has 3 heterocycles. The van der Waals surface area contributed by atoms with Crippen LogP contribution < -0.4 is 10.1 Å². The largest absolute Gasteiger partial charge is 0.481 e. The molecule has 1 aliphatic rings. The molecule has 3 rings (SSSR count). The molecule has 0 radical (unpaired) electrons. The third-order valence-electron chi connectivity index (χ3n) is 3.51. The van der Waals surface area contributed by atoms with Crippen molar-refractivity contribution in [2.75, 3.05) is 12.4 Å². The zero-order chi connectivity index (χ0) is 13.9. The van der Waals surface area contributed by atoms with Gasteiger partial charge in [-0.25, -0.2) is 4.98 Å². The van der Waals surface area contributed by atoms with Gasteiger partial charge in [0.05, 0.1) is 7.11 Å². The van der Waals surface area contributed by atoms with Crippen LogP contribution in [-0.4, -0.2) is 37.9 Å². The van der Waals surface area contributed by atoms with Gasteiger partial charge in [0.1, 0.15) is 11.6 Å². The van der Waals surface area contributed by atoms with E-state index in [1.165, 1.54) is 0 Å². The molecule has 1 N–H and O–H groups in total. The van der Waals surface area contributed by atoms with Crippen LogP contribution in [0.1, 0.15) is 25.0 Å². The first kappa shape index (κ1) is 12.8. The lowest BCUT2D eigenvalue weighted by molar-refractivity contribution is 0.396. The Labute approximate surface area is 117 Å². The van der Waals surface area contributed by atoms with Crippen molar-refractivity contribution in [1.82, 2.24) is 24.7 Å². The third kappa shape index (κ3) is 2.43. The first-order valence-electron chi connectivity index (χ1n) is 6.84. The summed E-state index contributed by atoms with van der Waals surface area (Å²) in [5, 5.41) is 11.8. The zero-order valence-corrected chi connectivity index (χ0v) is 11.7. The average Bonchev–Trinajstić information content (AvgIpc) is 2.90. The minimum Gasteiger partial charge on any atom is -0.481 e. The molecule has 0 unspecified atom stereocenters. The summed E-state index contributed by atoms with van der Waals surface area (Å²) in [7, 11) is 1.60. The van der Waals surface area contributed by atoms with Crippen LogP contribution >= 0.6 is 0 Å². The first-order chi connectivity index (χ1) is 9.80. The van der Waals surface area contributed by atoms with E-state index in [-0.39, 0.29) is 6.04 Å². The van der Waals surface area contributed by atoms with Crippen LogP contribution in [0.15, 0.2) is 12.3 Å². The number of nitrogens with one attached hydrogen (secondary N) is 1. The molecule has 20 heavy (non-hydrogen) atoms. The maximum atomic E-state index is 5.11. The molecule has 0 spiro atoms. The molecular formula is C13H18N6O. The number of ether oxygens (including phenoxy) is 1. The molecular weight excluding hydrogens is 256 g/mol. The molecule has 106 valence electrons. The molecule has 7 nitrogen and oxygen atoms in total. The van der Waals surface area contributed by atoms with Gasteiger partial charge in [0, 0.05) is 37.7 Å². The molecule has 2 aromatic rings. The number of nitrogens with zero attached hydrogens (tertiary/aromatic N) is 5. The molecule has 0 saturated heterocycles. The van der Waals surface area contributed by atoms with Gasteiger partial charge in [0.25, 0.3) is 0 Å². The fourth-order valence-corrected chi connectivity index (χ4v) is 2.47. The Bertz CT molecular complexity index is 583. The van der Waals surface area contributed by atoms with Crippen LogP contribution in [0.2, 0.25) is 0 Å². The average molecular weight is 274 g/mol. The van der Waals surface area contributed by atoms with Gasteiger partial charge >= 0.3 is 0 Å². The molecule has 0 bridgehead atoms. The molecule has 0 amide bonds. The fraction of sp³-hybridized carbons (Fsp3) is 0.538. The van der Waals surface area contributed by atoms with E-state index in [9.17, 15) is 0 Å². The van der Waals surface area contributed by atoms with Gasteiger partial charge in [-0.1, -0.05) is 6.92 Å². The fourth-order valence-electron chi connectivity index (χ4n) is 2.47. The van der Waals surface area contributed by atoms with Crippen LogP contribution in [0.25, 0.3) is 0 Å². The van der Waals surface area contributed by atoms with Crippen molar-refractivity contribution in [3.8, 4) is 5.88 Å². The summed E-state index contributed by atoms with van der Waals surface area (Å²) in [5.74, 6) is 3.28. The van der Waals surface area contributed by atoms with Crippen LogP contribution in [0, 0.1) is 0 Å². The molecule has 0 saturated carbocycles. The summed E-state index contributed by atoms with van der Waals surface area (Å²) in [6, 6.07) is 2.02. The number of rotatable bonds is 4. The SMILES string of the molecule is CCc1nnc2n1C[C@@H](Nc1nccc(OC)n1)CC2. The number of methoxy groups -OCH3 is 1. The van der Waals surface area contributed by atoms with Gasteiger partial charge < -0.3 is 14.6 Å². The molecule has 0 aliphatic carbocycles. The Morgan fingerprint density at radius 2 is 2.35 bits per heavy atom. The number of anilines is 1. The maximum Gasteiger partial charge on any atom is 0.226 e. The Balaban J connectivity index is 1.73. The molecule has 0 aromatic carbocycles. The van der Waals surface area contributed by atoms with Crippen LogP contribution in [0.4, 0.5) is 5.95 Å². The predicted molar refractivity (Wildman–Crippen MR) is 73.7 cm³/mol. The Morgan fingerprint density at radius 3 is 3.15 bits per heavy atom. The van der Waals surface area contributed by atoms with Crippen molar-refractivity contribution in [2.45, 2.75) is 38.8 Å². The van der Waals surface area contributed by atoms with Crippen LogP contribution in [0.3, 0.4) is 0 Å². The Hall–Kier alpha value is -2.18. The van der Waals surface area contributed by atoms with E-state index < -0.39 is 0 Å². The minimum absolute atomic E-state index is 0.288. The lowest BCUT2D eigenvalue weighted by Gasteiger charge is -2.25. The van der Waals surface area contributed by atoms with E-state index in [1.54, 1.807) is 19.4 Å². The number of aromatic nitrogens is 5. The Kier molecular flexibility index (Phi) is 3.49. The van der Waals surface area contributed by atoms with E-state index in [4.69, 9.17) is 4.74 Å². The molecule has 1 atom stereocenters. The summed E-state index contributed by atoms with van der Waals surface area (Å²) in [5.41, 5.74) is 0. The van der Waals surface area contributed by atoms with Crippen molar-refractivity contribution in [1.29, 1.82) is 0 Å². The van der Waals surface area contributed by atoms with Crippen molar-refractivity contribution in [2.24, 2.45) is 0 Å². The summed E-state index contributed by atoms with van der Waals surface area (Å²) >= 11 is 0. The van der Waals surface area contributed by atoms with Gasteiger partial charge in [0.2, 0.25) is 11.8 Å². The molecule has 2 aromatic heterocycles. The van der Waals surface area contributed by atoms with Crippen LogP contribution in [-0.2, 0) is 19.4 Å². The van der Waals surface area contributed by atoms with Crippen LogP contribution in [0.5, 0.6) is 5.88 Å². The second-order valence-electron chi connectivity index (χ2n) is 4.80. The molecule has 1 aliphatic heterocycles. The van der Waals surface area contributed by atoms with E-state index in [1.807, 2.05) is 0 Å². The summed E-state index contributed by atoms with van der Waals surface area (Å²) in [6.45, 7) is 2.95. The van der Waals surface area contributed by atoms with Crippen molar-refractivity contribution < 1.29 is 4.74 Å². The van der Waals surface area contributed by atoms with Gasteiger partial charge in [-0.2, -0.15) is 4.98 Å². The number of hydrogen-bond donors (Lipinski definition) is 1. The maximum absolute atomic E-state index is 5.11. The monoisotopic (exact) mass is 274 g/mol. The predicted octanol–water partition coefficient (Wildman–Crippen LogP) is 1.07. The number of aryl methyl sites for hydroxylation is 2. The Morgan fingerprint density at radius 1 is 1.45 bits per heavy atom. The van der Waals surface area contributed by atoms with Gasteiger partial charge in [-0.3, -0.25) is 0 Å². The van der Waals surface area contributed by atoms with Gasteiger partial charge in [0.15, 0.2) is 0 Å². The van der Waals surface area contributed by atoms with E-state index in [0.717, 1.165) is 37.5 Å². The lowest BCUT2D eigenvalue weighted by atomic mass is 10.1. The minimum atomic E-state index is 0.288. The summed E-state index contributed by atoms with van der Waals surface area (Å²) < 4.78 is 7.30. The van der Waals surface area contributed by atoms with E-state index in [0.29, 0.717) is 11.8 Å². The summed E-state index contributed by atoms with van der Waals surface area (Å²) in [4.78, 5) is 8.51. The van der Waals surface area contributed by atoms with Crippen molar-refractivity contribution >= 4 is 5.95 Å². The quantitative estimate of drug-likeness (QED) is 0.898. The van der Waals surface area contributed by atoms with Gasteiger partial charge in [-0.05, 0) is 6.42 Å². The number of fused-ring (bicyclic) bond motifs is 1. The normalized spacial score (nSPS) is 17.6. The van der Waals surface area contributed by atoms with Gasteiger partial charge in [-0.15, -0.1) is 10.2 Å². The highest BCUT2D eigenvalue weighted by Gasteiger charge is 2.22. The zero-order valence-electron chi connectivity index (χ0n) is 11.7. The highest BCUT2D eigenvalue weighted by atomic mass is 16.5. The van der Waals surface area contributed by atoms with E-state index in [2.05, 4.69) is 37.0 Å². The highest BCUT2D eigenvalue weighted by molar-refractivity contribution is 5.29. The van der Waals surface area contributed by atoms with Crippen molar-refractivity contribution in [3.05, 3.63) is 23.9 Å². The highest BCUT2D eigenvalue weighted by Crippen LogP contribution is 2.18. The second-order valence-corrected chi connectivity index (χ2v) is 4.80. The lowest BCUT2D eigenvalue weighted by Crippen LogP contribution is -2.32. The number of hydrogen-bond acceptors (Lipinski definition) is 6. The standard InChI is InChI=1S/C13H18N6O/c1-3-10-17-18-11-5-4-9(8-19(10)11)15-13-14-7-6-12(16-13)20-2/h6-7,9H,3-5,8H2,1-2H3,(H,14,15,16)/t9-/m0/s1. The smallest absolute Gasteiger partial charge is 0.226 e.